The molecule has 9 heteroatoms. The van der Waals surface area contributed by atoms with Crippen LogP contribution in [-0.2, 0) is 22.6 Å². The Morgan fingerprint density at radius 1 is 1.18 bits per heavy atom. The molecule has 0 bridgehead atoms. The van der Waals surface area contributed by atoms with Gasteiger partial charge in [-0.3, -0.25) is 9.59 Å². The van der Waals surface area contributed by atoms with Gasteiger partial charge in [0.2, 0.25) is 11.8 Å². The highest BCUT2D eigenvalue weighted by molar-refractivity contribution is 7.17. The molecule has 4 aromatic rings. The Balaban J connectivity index is 1.40. The summed E-state index contributed by atoms with van der Waals surface area (Å²) in [6, 6.07) is 11.4. The predicted octanol–water partition coefficient (Wildman–Crippen LogP) is 3.83. The zero-order valence-electron chi connectivity index (χ0n) is 14.9. The molecule has 0 saturated heterocycles. The number of nitrogens with zero attached hydrogens (tertiary/aromatic N) is 2. The first-order valence-electron chi connectivity index (χ1n) is 8.50. The number of fused-ring (bicyclic) bond motifs is 1. The highest BCUT2D eigenvalue weighted by atomic mass is 32.1. The molecule has 0 spiro atoms. The first kappa shape index (κ1) is 18.3. The number of carbonyl (C=O) groups excluding carboxylic acids is 2. The molecule has 0 saturated carbocycles. The summed E-state index contributed by atoms with van der Waals surface area (Å²) in [6.07, 6.45) is 0.117. The van der Waals surface area contributed by atoms with Gasteiger partial charge in [-0.05, 0) is 24.3 Å². The number of hydrogen-bond acceptors (Lipinski definition) is 7. The molecule has 3 aromatic heterocycles. The summed E-state index contributed by atoms with van der Waals surface area (Å²) in [5, 5.41) is 12.8. The van der Waals surface area contributed by atoms with Crippen molar-refractivity contribution in [1.29, 1.82) is 0 Å². The Bertz CT molecular complexity index is 1140. The fourth-order valence-corrected chi connectivity index (χ4v) is 4.36. The van der Waals surface area contributed by atoms with Crippen LogP contribution in [-0.4, -0.2) is 22.0 Å². The average Bonchev–Trinajstić information content (AvgIpc) is 3.40. The normalized spacial score (nSPS) is 10.9. The van der Waals surface area contributed by atoms with Crippen molar-refractivity contribution < 1.29 is 14.1 Å². The third-order valence-electron chi connectivity index (χ3n) is 3.96. The third-order valence-corrected chi connectivity index (χ3v) is 5.82. The summed E-state index contributed by atoms with van der Waals surface area (Å²) in [7, 11) is 0. The van der Waals surface area contributed by atoms with Crippen molar-refractivity contribution in [3.8, 4) is 10.6 Å². The molecule has 0 unspecified atom stereocenters. The number of rotatable bonds is 6. The summed E-state index contributed by atoms with van der Waals surface area (Å²) in [5.41, 5.74) is 2.06. The Morgan fingerprint density at radius 2 is 2.04 bits per heavy atom. The van der Waals surface area contributed by atoms with E-state index in [1.54, 1.807) is 11.3 Å². The summed E-state index contributed by atoms with van der Waals surface area (Å²) >= 11 is 2.93. The van der Waals surface area contributed by atoms with Crippen molar-refractivity contribution in [2.24, 2.45) is 0 Å². The van der Waals surface area contributed by atoms with Crippen LogP contribution in [0, 0.1) is 0 Å². The molecule has 0 aliphatic rings. The van der Waals surface area contributed by atoms with E-state index in [9.17, 15) is 9.59 Å². The molecule has 1 aromatic carbocycles. The van der Waals surface area contributed by atoms with Crippen LogP contribution in [0.1, 0.15) is 17.5 Å². The van der Waals surface area contributed by atoms with Gasteiger partial charge in [-0.15, -0.1) is 22.7 Å². The molecule has 0 atom stereocenters. The van der Waals surface area contributed by atoms with Crippen LogP contribution in [0.5, 0.6) is 0 Å². The second-order valence-electron chi connectivity index (χ2n) is 6.06. The minimum absolute atomic E-state index is 0.0616. The number of benzene rings is 1. The smallest absolute Gasteiger partial charge is 0.232 e. The third kappa shape index (κ3) is 4.10. The van der Waals surface area contributed by atoms with Crippen molar-refractivity contribution in [1.82, 2.24) is 15.5 Å². The van der Waals surface area contributed by atoms with Gasteiger partial charge in [-0.25, -0.2) is 4.98 Å². The van der Waals surface area contributed by atoms with Crippen LogP contribution in [0.25, 0.3) is 21.5 Å². The summed E-state index contributed by atoms with van der Waals surface area (Å²) < 4.78 is 5.23. The van der Waals surface area contributed by atoms with Crippen LogP contribution in [0.15, 0.2) is 46.3 Å². The average molecular weight is 412 g/mol. The topological polar surface area (TPSA) is 97.1 Å². The fourth-order valence-electron chi connectivity index (χ4n) is 2.65. The lowest BCUT2D eigenvalue weighted by atomic mass is 10.2. The number of nitrogens with one attached hydrogen (secondary N) is 2. The molecular formula is C19H16N4O3S2. The largest absolute Gasteiger partial charge is 0.356 e. The van der Waals surface area contributed by atoms with Crippen LogP contribution >= 0.6 is 22.7 Å². The van der Waals surface area contributed by atoms with Gasteiger partial charge in [0.1, 0.15) is 5.69 Å². The van der Waals surface area contributed by atoms with Crippen molar-refractivity contribution in [2.75, 3.05) is 5.32 Å². The maximum Gasteiger partial charge on any atom is 0.232 e. The van der Waals surface area contributed by atoms with Crippen LogP contribution in [0.4, 0.5) is 5.13 Å². The Labute approximate surface area is 168 Å². The van der Waals surface area contributed by atoms with Crippen LogP contribution in [0.2, 0.25) is 0 Å². The Hall–Kier alpha value is -3.04. The molecule has 2 N–H and O–H groups in total. The van der Waals surface area contributed by atoms with E-state index in [1.807, 2.05) is 41.8 Å². The van der Waals surface area contributed by atoms with E-state index in [4.69, 9.17) is 4.52 Å². The first-order valence-corrected chi connectivity index (χ1v) is 10.2. The molecule has 3 heterocycles. The van der Waals surface area contributed by atoms with Gasteiger partial charge in [0.25, 0.3) is 0 Å². The van der Waals surface area contributed by atoms with E-state index < -0.39 is 0 Å². The molecule has 142 valence electrons. The predicted molar refractivity (Wildman–Crippen MR) is 109 cm³/mol. The molecule has 0 fully saturated rings. The lowest BCUT2D eigenvalue weighted by Crippen LogP contribution is -2.17. The second kappa shape index (κ2) is 7.91. The summed E-state index contributed by atoms with van der Waals surface area (Å²) in [4.78, 5) is 29.9. The van der Waals surface area contributed by atoms with Crippen LogP contribution in [0.3, 0.4) is 0 Å². The van der Waals surface area contributed by atoms with Gasteiger partial charge in [0.05, 0.1) is 23.5 Å². The lowest BCUT2D eigenvalue weighted by Gasteiger charge is -1.99. The standard InChI is InChI=1S/C19H16N4O3S2/c1-11(24)20-9-12-6-7-17(28-12)15-10-27-19(21-15)22-18(25)8-14-13-4-2-3-5-16(13)26-23-14/h2-7,10H,8-9H2,1H3,(H,20,24)(H,21,22,25). The van der Waals surface area contributed by atoms with Crippen molar-refractivity contribution in [2.45, 2.75) is 19.9 Å². The van der Waals surface area contributed by atoms with E-state index in [2.05, 4.69) is 20.8 Å². The number of para-hydroxylation sites is 1. The van der Waals surface area contributed by atoms with Crippen molar-refractivity contribution in [3.05, 3.63) is 52.3 Å². The van der Waals surface area contributed by atoms with Gasteiger partial charge in [0, 0.05) is 22.6 Å². The maximum atomic E-state index is 12.4. The number of aromatic nitrogens is 2. The summed E-state index contributed by atoms with van der Waals surface area (Å²) in [5.74, 6) is -0.258. The molecule has 0 radical (unpaired) electrons. The number of thiophene rings is 1. The highest BCUT2D eigenvalue weighted by Crippen LogP contribution is 2.31. The van der Waals surface area contributed by atoms with E-state index in [0.29, 0.717) is 23.0 Å². The summed E-state index contributed by atoms with van der Waals surface area (Å²) in [6.45, 7) is 1.99. The molecule has 28 heavy (non-hydrogen) atoms. The Kier molecular flexibility index (Phi) is 5.18. The van der Waals surface area contributed by atoms with Crippen molar-refractivity contribution in [3.63, 3.8) is 0 Å². The SMILES string of the molecule is CC(=O)NCc1ccc(-c2csc(NC(=O)Cc3noc4ccccc34)n2)s1. The monoisotopic (exact) mass is 412 g/mol. The van der Waals surface area contributed by atoms with Crippen molar-refractivity contribution >= 4 is 50.6 Å². The first-order chi connectivity index (χ1) is 13.6. The minimum atomic E-state index is -0.197. The zero-order chi connectivity index (χ0) is 19.5. The van der Waals surface area contributed by atoms with Gasteiger partial charge >= 0.3 is 0 Å². The Morgan fingerprint density at radius 3 is 2.89 bits per heavy atom. The van der Waals surface area contributed by atoms with Gasteiger partial charge in [-0.2, -0.15) is 0 Å². The van der Waals surface area contributed by atoms with E-state index in [1.165, 1.54) is 18.3 Å². The van der Waals surface area contributed by atoms with Gasteiger partial charge in [0.15, 0.2) is 10.7 Å². The number of carbonyl (C=O) groups is 2. The number of thiazole rings is 1. The van der Waals surface area contributed by atoms with E-state index in [0.717, 1.165) is 20.8 Å². The molecule has 7 nitrogen and oxygen atoms in total. The van der Waals surface area contributed by atoms with Gasteiger partial charge < -0.3 is 15.2 Å². The number of hydrogen-bond donors (Lipinski definition) is 2. The van der Waals surface area contributed by atoms with Gasteiger partial charge in [-0.1, -0.05) is 17.3 Å². The number of amides is 2. The molecule has 4 rings (SSSR count). The second-order valence-corrected chi connectivity index (χ2v) is 8.09. The van der Waals surface area contributed by atoms with E-state index in [-0.39, 0.29) is 18.2 Å². The molecule has 0 aliphatic carbocycles. The fraction of sp³-hybridized carbons (Fsp3) is 0.158. The number of anilines is 1. The van der Waals surface area contributed by atoms with Crippen LogP contribution < -0.4 is 10.6 Å². The lowest BCUT2D eigenvalue weighted by molar-refractivity contribution is -0.119. The molecule has 0 aliphatic heterocycles. The maximum absolute atomic E-state index is 12.4. The minimum Gasteiger partial charge on any atom is -0.356 e. The quantitative estimate of drug-likeness (QED) is 0.502. The highest BCUT2D eigenvalue weighted by Gasteiger charge is 2.14. The van der Waals surface area contributed by atoms with E-state index >= 15 is 0 Å². The molecule has 2 amide bonds. The molecular weight excluding hydrogens is 396 g/mol. The zero-order valence-corrected chi connectivity index (χ0v) is 16.5.